The summed E-state index contributed by atoms with van der Waals surface area (Å²) >= 11 is 0. The maximum atomic E-state index is 8.95. The van der Waals surface area contributed by atoms with Crippen LogP contribution in [0, 0.1) is 11.3 Å². The first kappa shape index (κ1) is 10.0. The van der Waals surface area contributed by atoms with Gasteiger partial charge in [-0.3, -0.25) is 0 Å². The molecule has 15 heavy (non-hydrogen) atoms. The van der Waals surface area contributed by atoms with Crippen LogP contribution in [0.25, 0.3) is 0 Å². The Kier molecular flexibility index (Phi) is 2.61. The van der Waals surface area contributed by atoms with Crippen LogP contribution in [-0.2, 0) is 11.2 Å². The van der Waals surface area contributed by atoms with Crippen molar-refractivity contribution in [3.05, 3.63) is 28.8 Å². The van der Waals surface area contributed by atoms with Crippen molar-refractivity contribution >= 4 is 0 Å². The minimum Gasteiger partial charge on any atom is -0.495 e. The second-order valence-electron chi connectivity index (χ2n) is 3.50. The smallest absolute Gasteiger partial charge is 0.140 e. The minimum absolute atomic E-state index is 0.210. The van der Waals surface area contributed by atoms with E-state index in [-0.39, 0.29) is 6.10 Å². The van der Waals surface area contributed by atoms with Gasteiger partial charge in [0.2, 0.25) is 0 Å². The number of rotatable bonds is 3. The average Bonchev–Trinajstić information content (AvgIpc) is 3.10. The molecule has 0 amide bonds. The van der Waals surface area contributed by atoms with Gasteiger partial charge in [0, 0.05) is 5.56 Å². The Morgan fingerprint density at radius 1 is 1.60 bits per heavy atom. The molecular weight excluding hydrogens is 190 g/mol. The van der Waals surface area contributed by atoms with Gasteiger partial charge in [0.05, 0.1) is 19.3 Å². The highest BCUT2D eigenvalue weighted by Crippen LogP contribution is 2.37. The Bertz CT molecular complexity index is 416. The van der Waals surface area contributed by atoms with Crippen molar-refractivity contribution in [1.82, 2.24) is 0 Å². The van der Waals surface area contributed by atoms with E-state index in [1.165, 1.54) is 0 Å². The van der Waals surface area contributed by atoms with Gasteiger partial charge in [-0.15, -0.1) is 0 Å². The number of nitrogens with zero attached hydrogens (tertiary/aromatic N) is 1. The zero-order chi connectivity index (χ0) is 10.8. The van der Waals surface area contributed by atoms with Gasteiger partial charge < -0.3 is 9.47 Å². The Labute approximate surface area is 89.2 Å². The van der Waals surface area contributed by atoms with Crippen LogP contribution in [0.5, 0.6) is 5.75 Å². The molecule has 1 aliphatic rings. The summed E-state index contributed by atoms with van der Waals surface area (Å²) in [6.45, 7) is 2.84. The molecule has 0 aromatic heterocycles. The van der Waals surface area contributed by atoms with Gasteiger partial charge in [0.25, 0.3) is 0 Å². The Hall–Kier alpha value is -1.53. The molecule has 3 heteroatoms. The van der Waals surface area contributed by atoms with Gasteiger partial charge in [0.15, 0.2) is 0 Å². The fourth-order valence-electron chi connectivity index (χ4n) is 1.86. The first-order chi connectivity index (χ1) is 7.31. The number of benzene rings is 1. The van der Waals surface area contributed by atoms with Crippen LogP contribution in [-0.4, -0.2) is 13.7 Å². The summed E-state index contributed by atoms with van der Waals surface area (Å²) in [5.74, 6) is 0.702. The van der Waals surface area contributed by atoms with E-state index in [0.29, 0.717) is 11.3 Å². The predicted octanol–water partition coefficient (Wildman–Crippen LogP) is 2.20. The largest absolute Gasteiger partial charge is 0.495 e. The zero-order valence-corrected chi connectivity index (χ0v) is 8.91. The number of methoxy groups -OCH3 is 1. The molecular formula is C12H13NO2. The molecule has 0 bridgehead atoms. The number of hydrogen-bond acceptors (Lipinski definition) is 3. The van der Waals surface area contributed by atoms with Crippen LogP contribution < -0.4 is 4.74 Å². The summed E-state index contributed by atoms with van der Waals surface area (Å²) in [5, 5.41) is 8.95. The number of epoxide rings is 1. The van der Waals surface area contributed by atoms with E-state index in [4.69, 9.17) is 14.7 Å². The third-order valence-electron chi connectivity index (χ3n) is 2.66. The van der Waals surface area contributed by atoms with Crippen molar-refractivity contribution in [3.8, 4) is 11.8 Å². The molecule has 78 valence electrons. The van der Waals surface area contributed by atoms with Crippen LogP contribution in [0.3, 0.4) is 0 Å². The highest BCUT2D eigenvalue weighted by atomic mass is 16.6. The van der Waals surface area contributed by atoms with Gasteiger partial charge in [0.1, 0.15) is 17.9 Å². The lowest BCUT2D eigenvalue weighted by molar-refractivity contribution is 0.398. The predicted molar refractivity (Wildman–Crippen MR) is 55.8 cm³/mol. The van der Waals surface area contributed by atoms with E-state index in [1.54, 1.807) is 13.2 Å². The fourth-order valence-corrected chi connectivity index (χ4v) is 1.86. The Balaban J connectivity index is 2.55. The Morgan fingerprint density at radius 2 is 2.33 bits per heavy atom. The molecule has 1 aromatic carbocycles. The number of hydrogen-bond donors (Lipinski definition) is 0. The molecule has 1 atom stereocenters. The van der Waals surface area contributed by atoms with Crippen LogP contribution in [0.1, 0.15) is 29.7 Å². The minimum atomic E-state index is 0.210. The second-order valence-corrected chi connectivity index (χ2v) is 3.50. The summed E-state index contributed by atoms with van der Waals surface area (Å²) in [4.78, 5) is 0. The maximum Gasteiger partial charge on any atom is 0.140 e. The molecule has 0 radical (unpaired) electrons. The average molecular weight is 203 g/mol. The first-order valence-electron chi connectivity index (χ1n) is 5.03. The van der Waals surface area contributed by atoms with E-state index in [9.17, 15) is 0 Å². The lowest BCUT2D eigenvalue weighted by atomic mass is 9.98. The number of ether oxygens (including phenoxy) is 2. The Morgan fingerprint density at radius 3 is 2.80 bits per heavy atom. The van der Waals surface area contributed by atoms with Crippen LogP contribution in [0.2, 0.25) is 0 Å². The van der Waals surface area contributed by atoms with Gasteiger partial charge in [-0.25, -0.2) is 0 Å². The molecule has 0 spiro atoms. The standard InChI is InChI=1S/C12H13NO2/c1-3-9-10(11-7-15-11)5-4-8(6-13)12(9)14-2/h4-5,11H,3,7H2,1-2H3. The molecule has 2 rings (SSSR count). The third-order valence-corrected chi connectivity index (χ3v) is 2.66. The maximum absolute atomic E-state index is 8.95. The van der Waals surface area contributed by atoms with E-state index in [2.05, 4.69) is 13.0 Å². The molecule has 1 aliphatic heterocycles. The molecule has 1 heterocycles. The third kappa shape index (κ3) is 1.69. The van der Waals surface area contributed by atoms with Crippen LogP contribution in [0.4, 0.5) is 0 Å². The molecule has 1 saturated heterocycles. The van der Waals surface area contributed by atoms with Crippen molar-refractivity contribution in [2.45, 2.75) is 19.4 Å². The van der Waals surface area contributed by atoms with Crippen molar-refractivity contribution in [3.63, 3.8) is 0 Å². The summed E-state index contributed by atoms with van der Waals surface area (Å²) in [5.41, 5.74) is 2.85. The monoisotopic (exact) mass is 203 g/mol. The van der Waals surface area contributed by atoms with E-state index >= 15 is 0 Å². The molecule has 1 aromatic rings. The van der Waals surface area contributed by atoms with E-state index in [1.807, 2.05) is 6.07 Å². The van der Waals surface area contributed by atoms with Crippen molar-refractivity contribution in [2.24, 2.45) is 0 Å². The van der Waals surface area contributed by atoms with Gasteiger partial charge in [-0.05, 0) is 18.1 Å². The summed E-state index contributed by atoms with van der Waals surface area (Å²) in [6, 6.07) is 5.91. The van der Waals surface area contributed by atoms with Crippen LogP contribution >= 0.6 is 0 Å². The fraction of sp³-hybridized carbons (Fsp3) is 0.417. The molecule has 1 fully saturated rings. The molecule has 0 N–H and O–H groups in total. The zero-order valence-electron chi connectivity index (χ0n) is 8.91. The lowest BCUT2D eigenvalue weighted by Gasteiger charge is -2.12. The summed E-state index contributed by atoms with van der Waals surface area (Å²) in [7, 11) is 1.60. The van der Waals surface area contributed by atoms with Crippen molar-refractivity contribution in [2.75, 3.05) is 13.7 Å². The highest BCUT2D eigenvalue weighted by molar-refractivity contribution is 5.53. The summed E-state index contributed by atoms with van der Waals surface area (Å²) in [6.07, 6.45) is 1.06. The SMILES string of the molecule is CCc1c(C2CO2)ccc(C#N)c1OC. The highest BCUT2D eigenvalue weighted by Gasteiger charge is 2.29. The van der Waals surface area contributed by atoms with E-state index in [0.717, 1.165) is 24.2 Å². The topological polar surface area (TPSA) is 45.5 Å². The molecule has 3 nitrogen and oxygen atoms in total. The lowest BCUT2D eigenvalue weighted by Crippen LogP contribution is -1.99. The van der Waals surface area contributed by atoms with Crippen molar-refractivity contribution in [1.29, 1.82) is 5.26 Å². The molecule has 1 unspecified atom stereocenters. The van der Waals surface area contributed by atoms with Crippen molar-refractivity contribution < 1.29 is 9.47 Å². The molecule has 0 aliphatic carbocycles. The quantitative estimate of drug-likeness (QED) is 0.707. The van der Waals surface area contributed by atoms with Crippen LogP contribution in [0.15, 0.2) is 12.1 Å². The number of nitriles is 1. The molecule has 0 saturated carbocycles. The first-order valence-corrected chi connectivity index (χ1v) is 5.03. The van der Waals surface area contributed by atoms with Gasteiger partial charge >= 0.3 is 0 Å². The van der Waals surface area contributed by atoms with E-state index < -0.39 is 0 Å². The van der Waals surface area contributed by atoms with Gasteiger partial charge in [-0.2, -0.15) is 5.26 Å². The summed E-state index contributed by atoms with van der Waals surface area (Å²) < 4.78 is 10.6. The normalized spacial score (nSPS) is 18.3. The van der Waals surface area contributed by atoms with Gasteiger partial charge in [-0.1, -0.05) is 13.0 Å². The second kappa shape index (κ2) is 3.92.